The van der Waals surface area contributed by atoms with E-state index in [2.05, 4.69) is 48.1 Å². The third kappa shape index (κ3) is 3.45. The summed E-state index contributed by atoms with van der Waals surface area (Å²) in [7, 11) is 4.18. The summed E-state index contributed by atoms with van der Waals surface area (Å²) in [5, 5.41) is 3.19. The van der Waals surface area contributed by atoms with Crippen LogP contribution in [0.5, 0.6) is 0 Å². The summed E-state index contributed by atoms with van der Waals surface area (Å²) in [6, 6.07) is 4.89. The molecule has 0 saturated carbocycles. The minimum absolute atomic E-state index is 0.523. The van der Waals surface area contributed by atoms with Crippen molar-refractivity contribution in [2.45, 2.75) is 32.9 Å². The Kier molecular flexibility index (Phi) is 4.77. The molecule has 1 unspecified atom stereocenters. The van der Waals surface area contributed by atoms with Crippen LogP contribution in [0.15, 0.2) is 12.1 Å². The van der Waals surface area contributed by atoms with Crippen LogP contribution in [0.3, 0.4) is 0 Å². The van der Waals surface area contributed by atoms with Crippen LogP contribution in [0.25, 0.3) is 0 Å². The molecule has 0 amide bonds. The minimum atomic E-state index is 0.523. The Morgan fingerprint density at radius 2 is 2.16 bits per heavy atom. The molecule has 1 aliphatic heterocycles. The first-order valence-electron chi connectivity index (χ1n) is 7.18. The van der Waals surface area contributed by atoms with Crippen molar-refractivity contribution in [1.82, 2.24) is 15.2 Å². The number of hydrogen-bond acceptors (Lipinski definition) is 4. The molecule has 4 heteroatoms. The molecule has 0 radical (unpaired) electrons. The highest BCUT2D eigenvalue weighted by atomic mass is 15.3. The highest BCUT2D eigenvalue weighted by Gasteiger charge is 2.21. The maximum Gasteiger partial charge on any atom is 0.129 e. The molecule has 0 aliphatic carbocycles. The highest BCUT2D eigenvalue weighted by molar-refractivity contribution is 5.43. The number of rotatable bonds is 3. The van der Waals surface area contributed by atoms with Crippen molar-refractivity contribution in [3.63, 3.8) is 0 Å². The highest BCUT2D eigenvalue weighted by Crippen LogP contribution is 2.20. The number of nitrogens with one attached hydrogen (secondary N) is 1. The summed E-state index contributed by atoms with van der Waals surface area (Å²) in [4.78, 5) is 9.65. The Bertz CT molecular complexity index is 419. The van der Waals surface area contributed by atoms with Crippen LogP contribution in [0.2, 0.25) is 0 Å². The van der Waals surface area contributed by atoms with E-state index in [1.807, 2.05) is 7.05 Å². The SMILES string of the molecule is CNCc1ccc(N2CCCN(C)CC2C)nc1C. The third-order valence-corrected chi connectivity index (χ3v) is 3.89. The Morgan fingerprint density at radius 3 is 2.84 bits per heavy atom. The van der Waals surface area contributed by atoms with Crippen LogP contribution in [0.1, 0.15) is 24.6 Å². The molecule has 19 heavy (non-hydrogen) atoms. The molecule has 0 aromatic carbocycles. The van der Waals surface area contributed by atoms with E-state index < -0.39 is 0 Å². The van der Waals surface area contributed by atoms with E-state index in [9.17, 15) is 0 Å². The van der Waals surface area contributed by atoms with Crippen molar-refractivity contribution in [2.75, 3.05) is 38.6 Å². The van der Waals surface area contributed by atoms with E-state index in [4.69, 9.17) is 4.98 Å². The lowest BCUT2D eigenvalue weighted by Crippen LogP contribution is -2.38. The maximum absolute atomic E-state index is 4.80. The summed E-state index contributed by atoms with van der Waals surface area (Å²) >= 11 is 0. The average molecular weight is 262 g/mol. The summed E-state index contributed by atoms with van der Waals surface area (Å²) < 4.78 is 0. The summed E-state index contributed by atoms with van der Waals surface area (Å²) in [5.74, 6) is 1.13. The average Bonchev–Trinajstić information content (AvgIpc) is 2.53. The second-order valence-electron chi connectivity index (χ2n) is 5.60. The van der Waals surface area contributed by atoms with Crippen molar-refractivity contribution in [1.29, 1.82) is 0 Å². The first kappa shape index (κ1) is 14.3. The molecular formula is C15H26N4. The molecule has 106 valence electrons. The second-order valence-corrected chi connectivity index (χ2v) is 5.60. The molecule has 2 heterocycles. The summed E-state index contributed by atoms with van der Waals surface area (Å²) in [6.07, 6.45) is 1.21. The molecule has 0 bridgehead atoms. The van der Waals surface area contributed by atoms with Crippen molar-refractivity contribution in [3.8, 4) is 0 Å². The number of aromatic nitrogens is 1. The van der Waals surface area contributed by atoms with Crippen LogP contribution in [-0.2, 0) is 6.54 Å². The zero-order valence-corrected chi connectivity index (χ0v) is 12.6. The predicted octanol–water partition coefficient (Wildman–Crippen LogP) is 1.64. The molecule has 1 fully saturated rings. The van der Waals surface area contributed by atoms with Gasteiger partial charge in [0, 0.05) is 31.4 Å². The Hall–Kier alpha value is -1.13. The van der Waals surface area contributed by atoms with Crippen LogP contribution in [-0.4, -0.2) is 49.7 Å². The number of anilines is 1. The number of aryl methyl sites for hydroxylation is 1. The fourth-order valence-electron chi connectivity index (χ4n) is 2.83. The van der Waals surface area contributed by atoms with Gasteiger partial charge >= 0.3 is 0 Å². The summed E-state index contributed by atoms with van der Waals surface area (Å²) in [5.41, 5.74) is 2.42. The Morgan fingerprint density at radius 1 is 1.37 bits per heavy atom. The molecule has 1 N–H and O–H groups in total. The molecule has 1 saturated heterocycles. The zero-order valence-electron chi connectivity index (χ0n) is 12.6. The summed E-state index contributed by atoms with van der Waals surface area (Å²) in [6.45, 7) is 8.67. The van der Waals surface area contributed by atoms with Gasteiger partial charge in [0.05, 0.1) is 0 Å². The van der Waals surface area contributed by atoms with Crippen molar-refractivity contribution in [2.24, 2.45) is 0 Å². The molecule has 0 spiro atoms. The Labute approximate surface area is 116 Å². The monoisotopic (exact) mass is 262 g/mol. The van der Waals surface area contributed by atoms with Gasteiger partial charge in [0.15, 0.2) is 0 Å². The first-order chi connectivity index (χ1) is 9.11. The van der Waals surface area contributed by atoms with Gasteiger partial charge in [0.25, 0.3) is 0 Å². The third-order valence-electron chi connectivity index (χ3n) is 3.89. The molecule has 1 aliphatic rings. The second kappa shape index (κ2) is 6.35. The molecule has 2 rings (SSSR count). The fraction of sp³-hybridized carbons (Fsp3) is 0.667. The largest absolute Gasteiger partial charge is 0.353 e. The van der Waals surface area contributed by atoms with Crippen LogP contribution in [0, 0.1) is 6.92 Å². The van der Waals surface area contributed by atoms with Crippen LogP contribution >= 0.6 is 0 Å². The zero-order chi connectivity index (χ0) is 13.8. The van der Waals surface area contributed by atoms with Crippen molar-refractivity contribution >= 4 is 5.82 Å². The molecule has 1 atom stereocenters. The van der Waals surface area contributed by atoms with Crippen LogP contribution in [0.4, 0.5) is 5.82 Å². The minimum Gasteiger partial charge on any atom is -0.353 e. The van der Waals surface area contributed by atoms with Gasteiger partial charge in [-0.1, -0.05) is 6.07 Å². The van der Waals surface area contributed by atoms with E-state index in [1.54, 1.807) is 0 Å². The number of nitrogens with zero attached hydrogens (tertiary/aromatic N) is 3. The van der Waals surface area contributed by atoms with Gasteiger partial charge in [-0.2, -0.15) is 0 Å². The van der Waals surface area contributed by atoms with E-state index in [0.29, 0.717) is 6.04 Å². The van der Waals surface area contributed by atoms with Crippen molar-refractivity contribution in [3.05, 3.63) is 23.4 Å². The normalized spacial score (nSPS) is 21.5. The molecule has 1 aromatic rings. The number of hydrogen-bond donors (Lipinski definition) is 1. The quantitative estimate of drug-likeness (QED) is 0.897. The topological polar surface area (TPSA) is 31.4 Å². The number of likely N-dealkylation sites (N-methyl/N-ethyl adjacent to an activating group) is 1. The van der Waals surface area contributed by atoms with E-state index in [-0.39, 0.29) is 0 Å². The fourth-order valence-corrected chi connectivity index (χ4v) is 2.83. The van der Waals surface area contributed by atoms with Crippen molar-refractivity contribution < 1.29 is 0 Å². The molecule has 1 aromatic heterocycles. The standard InChI is InChI=1S/C15H26N4/c1-12-11-18(4)8-5-9-19(12)15-7-6-14(10-16-3)13(2)17-15/h6-7,12,16H,5,8-11H2,1-4H3. The van der Waals surface area contributed by atoms with E-state index in [1.165, 1.54) is 18.5 Å². The van der Waals surface area contributed by atoms with E-state index in [0.717, 1.165) is 31.1 Å². The van der Waals surface area contributed by atoms with Gasteiger partial charge in [-0.15, -0.1) is 0 Å². The van der Waals surface area contributed by atoms with Gasteiger partial charge in [0.1, 0.15) is 5.82 Å². The smallest absolute Gasteiger partial charge is 0.129 e. The molecular weight excluding hydrogens is 236 g/mol. The predicted molar refractivity (Wildman–Crippen MR) is 80.7 cm³/mol. The lowest BCUT2D eigenvalue weighted by molar-refractivity contribution is 0.337. The molecule has 4 nitrogen and oxygen atoms in total. The lowest BCUT2D eigenvalue weighted by Gasteiger charge is -2.29. The number of pyridine rings is 1. The van der Waals surface area contributed by atoms with Crippen LogP contribution < -0.4 is 10.2 Å². The first-order valence-corrected chi connectivity index (χ1v) is 7.18. The maximum atomic E-state index is 4.80. The van der Waals surface area contributed by atoms with Gasteiger partial charge in [-0.25, -0.2) is 4.98 Å². The Balaban J connectivity index is 2.18. The van der Waals surface area contributed by atoms with E-state index >= 15 is 0 Å². The van der Waals surface area contributed by atoms with Gasteiger partial charge in [-0.05, 0) is 52.5 Å². The van der Waals surface area contributed by atoms with Gasteiger partial charge in [-0.3, -0.25) is 0 Å². The lowest BCUT2D eigenvalue weighted by atomic mass is 10.2. The van der Waals surface area contributed by atoms with Gasteiger partial charge < -0.3 is 15.1 Å². The van der Waals surface area contributed by atoms with Gasteiger partial charge in [0.2, 0.25) is 0 Å².